The number of aromatic nitrogens is 2. The van der Waals surface area contributed by atoms with E-state index < -0.39 is 0 Å². The lowest BCUT2D eigenvalue weighted by Crippen LogP contribution is -2.46. The highest BCUT2D eigenvalue weighted by atomic mass is 14.9. The molecule has 0 N–H and O–H groups in total. The Bertz CT molecular complexity index is 954. The van der Waals surface area contributed by atoms with Gasteiger partial charge in [0.1, 0.15) is 0 Å². The van der Waals surface area contributed by atoms with Crippen LogP contribution < -0.4 is 0 Å². The van der Waals surface area contributed by atoms with Crippen LogP contribution in [0.5, 0.6) is 0 Å². The molecule has 0 saturated heterocycles. The molecule has 26 heavy (non-hydrogen) atoms. The van der Waals surface area contributed by atoms with E-state index in [2.05, 4.69) is 62.4 Å². The van der Waals surface area contributed by atoms with Gasteiger partial charge in [-0.05, 0) is 46.9 Å². The van der Waals surface area contributed by atoms with Gasteiger partial charge in [-0.25, -0.2) is 0 Å². The Morgan fingerprint density at radius 3 is 1.62 bits per heavy atom. The first-order chi connectivity index (χ1) is 12.7. The second-order valence-electron chi connectivity index (χ2n) is 7.77. The molecule has 0 fully saturated rings. The van der Waals surface area contributed by atoms with Crippen molar-refractivity contribution >= 4 is 10.8 Å². The second-order valence-corrected chi connectivity index (χ2v) is 7.77. The van der Waals surface area contributed by atoms with Gasteiger partial charge in [0.15, 0.2) is 0 Å². The van der Waals surface area contributed by atoms with Gasteiger partial charge in [-0.15, -0.1) is 0 Å². The first-order valence-corrected chi connectivity index (χ1v) is 9.81. The van der Waals surface area contributed by atoms with E-state index in [4.69, 9.17) is 9.97 Å². The molecular weight excluding hydrogens is 316 g/mol. The van der Waals surface area contributed by atoms with Crippen molar-refractivity contribution in [2.75, 3.05) is 0 Å². The fraction of sp³-hybridized carbons (Fsp3) is 0.333. The summed E-state index contributed by atoms with van der Waals surface area (Å²) in [6, 6.07) is 13.6. The molecule has 3 aliphatic rings. The number of allylic oxidation sites excluding steroid dienone is 2. The van der Waals surface area contributed by atoms with Crippen LogP contribution in [0.15, 0.2) is 60.9 Å². The Balaban J connectivity index is 1.92. The maximum atomic E-state index is 4.89. The lowest BCUT2D eigenvalue weighted by Gasteiger charge is -2.50. The number of rotatable bonds is 4. The van der Waals surface area contributed by atoms with Crippen molar-refractivity contribution in [3.8, 4) is 0 Å². The minimum Gasteiger partial charge on any atom is -0.256 e. The van der Waals surface area contributed by atoms with Crippen molar-refractivity contribution in [2.45, 2.75) is 50.4 Å². The molecule has 2 bridgehead atoms. The minimum atomic E-state index is -0.132. The Labute approximate surface area is 155 Å². The Morgan fingerprint density at radius 2 is 1.19 bits per heavy atom. The van der Waals surface area contributed by atoms with Crippen molar-refractivity contribution in [2.24, 2.45) is 0 Å². The summed E-state index contributed by atoms with van der Waals surface area (Å²) in [6.45, 7) is 4.53. The molecule has 0 amide bonds. The zero-order valence-corrected chi connectivity index (χ0v) is 15.5. The highest BCUT2D eigenvalue weighted by molar-refractivity contribution is 5.87. The summed E-state index contributed by atoms with van der Waals surface area (Å²) in [7, 11) is 0. The predicted molar refractivity (Wildman–Crippen MR) is 106 cm³/mol. The van der Waals surface area contributed by atoms with Crippen LogP contribution in [0.1, 0.15) is 62.0 Å². The molecule has 3 aromatic rings. The average molecular weight is 340 g/mol. The number of fused-ring (bicyclic) bond motifs is 1. The van der Waals surface area contributed by atoms with Crippen LogP contribution in [0, 0.1) is 0 Å². The Kier molecular flexibility index (Phi) is 3.34. The molecular formula is C24H24N2. The number of hydrogen-bond acceptors (Lipinski definition) is 2. The molecule has 1 heterocycles. The molecule has 2 aromatic carbocycles. The molecule has 2 atom stereocenters. The van der Waals surface area contributed by atoms with Crippen molar-refractivity contribution in [3.05, 3.63) is 83.5 Å². The van der Waals surface area contributed by atoms with E-state index in [1.54, 1.807) is 0 Å². The summed E-state index contributed by atoms with van der Waals surface area (Å²) in [5, 5.41) is 2.64. The molecule has 0 aliphatic heterocycles. The van der Waals surface area contributed by atoms with Crippen molar-refractivity contribution < 1.29 is 0 Å². The SMILES string of the molecule is CCC[C@@]12C=C[C@@](CCC)(c3cc4ccccc4cc31)c1nccnc12. The molecule has 3 aliphatic carbocycles. The highest BCUT2D eigenvalue weighted by Crippen LogP contribution is 2.58. The summed E-state index contributed by atoms with van der Waals surface area (Å²) in [4.78, 5) is 9.77. The van der Waals surface area contributed by atoms with Gasteiger partial charge >= 0.3 is 0 Å². The van der Waals surface area contributed by atoms with Crippen LogP contribution in [-0.2, 0) is 10.8 Å². The maximum Gasteiger partial charge on any atom is 0.0775 e. The zero-order valence-electron chi connectivity index (χ0n) is 15.5. The summed E-state index contributed by atoms with van der Waals surface area (Å²) in [5.41, 5.74) is 4.99. The van der Waals surface area contributed by atoms with Gasteiger partial charge in [0, 0.05) is 12.4 Å². The molecule has 2 nitrogen and oxygen atoms in total. The molecule has 6 rings (SSSR count). The molecule has 2 heteroatoms. The largest absolute Gasteiger partial charge is 0.256 e. The van der Waals surface area contributed by atoms with Crippen molar-refractivity contribution in [1.82, 2.24) is 9.97 Å². The van der Waals surface area contributed by atoms with Crippen molar-refractivity contribution in [1.29, 1.82) is 0 Å². The van der Waals surface area contributed by atoms with E-state index in [1.165, 1.54) is 33.3 Å². The van der Waals surface area contributed by atoms with E-state index in [9.17, 15) is 0 Å². The van der Waals surface area contributed by atoms with Gasteiger partial charge in [-0.1, -0.05) is 63.1 Å². The third kappa shape index (κ3) is 1.82. The molecule has 1 aromatic heterocycles. The summed E-state index contributed by atoms with van der Waals surface area (Å²) < 4.78 is 0. The highest BCUT2D eigenvalue weighted by Gasteiger charge is 2.53. The molecule has 0 radical (unpaired) electrons. The molecule has 130 valence electrons. The molecule has 0 saturated carbocycles. The fourth-order valence-corrected chi connectivity index (χ4v) is 5.31. The van der Waals surface area contributed by atoms with Crippen LogP contribution in [-0.4, -0.2) is 9.97 Å². The van der Waals surface area contributed by atoms with Crippen LogP contribution in [0.25, 0.3) is 10.8 Å². The molecule has 0 spiro atoms. The third-order valence-corrected chi connectivity index (χ3v) is 6.33. The monoisotopic (exact) mass is 340 g/mol. The van der Waals surface area contributed by atoms with Gasteiger partial charge in [-0.3, -0.25) is 9.97 Å². The lowest BCUT2D eigenvalue weighted by molar-refractivity contribution is 0.425. The predicted octanol–water partition coefficient (Wildman–Crippen LogP) is 5.69. The Hall–Kier alpha value is -2.48. The minimum absolute atomic E-state index is 0.132. The van der Waals surface area contributed by atoms with Crippen LogP contribution in [0.3, 0.4) is 0 Å². The average Bonchev–Trinajstić information content (AvgIpc) is 2.69. The second kappa shape index (κ2) is 5.51. The Morgan fingerprint density at radius 1 is 0.731 bits per heavy atom. The summed E-state index contributed by atoms with van der Waals surface area (Å²) >= 11 is 0. The smallest absolute Gasteiger partial charge is 0.0775 e. The first kappa shape index (κ1) is 15.7. The van der Waals surface area contributed by atoms with Crippen molar-refractivity contribution in [3.63, 3.8) is 0 Å². The van der Waals surface area contributed by atoms with Gasteiger partial charge in [0.05, 0.1) is 22.2 Å². The number of nitrogens with zero attached hydrogens (tertiary/aromatic N) is 2. The van der Waals surface area contributed by atoms with E-state index in [-0.39, 0.29) is 10.8 Å². The van der Waals surface area contributed by atoms with Gasteiger partial charge in [0.25, 0.3) is 0 Å². The number of benzene rings is 2. The number of hydrogen-bond donors (Lipinski definition) is 0. The maximum absolute atomic E-state index is 4.89. The normalized spacial score (nSPS) is 25.3. The molecule has 0 unspecified atom stereocenters. The topological polar surface area (TPSA) is 25.8 Å². The van der Waals surface area contributed by atoms with Crippen LogP contribution in [0.4, 0.5) is 0 Å². The third-order valence-electron chi connectivity index (χ3n) is 6.33. The van der Waals surface area contributed by atoms with Gasteiger partial charge in [-0.2, -0.15) is 0 Å². The summed E-state index contributed by atoms with van der Waals surface area (Å²) in [6.07, 6.45) is 13.0. The van der Waals surface area contributed by atoms with Gasteiger partial charge < -0.3 is 0 Å². The first-order valence-electron chi connectivity index (χ1n) is 9.81. The van der Waals surface area contributed by atoms with E-state index in [0.717, 1.165) is 25.7 Å². The van der Waals surface area contributed by atoms with Crippen LogP contribution >= 0.6 is 0 Å². The van der Waals surface area contributed by atoms with E-state index in [1.807, 2.05) is 12.4 Å². The van der Waals surface area contributed by atoms with Crippen LogP contribution in [0.2, 0.25) is 0 Å². The van der Waals surface area contributed by atoms with E-state index in [0.29, 0.717) is 0 Å². The summed E-state index contributed by atoms with van der Waals surface area (Å²) in [5.74, 6) is 0. The zero-order chi connectivity index (χ0) is 17.8. The van der Waals surface area contributed by atoms with Gasteiger partial charge in [0.2, 0.25) is 0 Å². The fourth-order valence-electron chi connectivity index (χ4n) is 5.31. The quantitative estimate of drug-likeness (QED) is 0.571. The lowest BCUT2D eigenvalue weighted by atomic mass is 9.53. The standard InChI is InChI=1S/C24H24N2/c1-3-9-23-11-12-24(10-4-2,22-21(23)25-13-14-26-22)20-16-18-8-6-5-7-17(18)15-19(20)23/h5-8,11-16H,3-4,9-10H2,1-2H3/t23-,24+. The van der Waals surface area contributed by atoms with E-state index >= 15 is 0 Å².